The van der Waals surface area contributed by atoms with E-state index in [1.165, 1.54) is 11.8 Å². The first-order valence-electron chi connectivity index (χ1n) is 7.10. The van der Waals surface area contributed by atoms with Crippen molar-refractivity contribution in [3.05, 3.63) is 71.3 Å². The third-order valence-corrected chi connectivity index (χ3v) is 4.29. The molecule has 2 aromatic carbocycles. The van der Waals surface area contributed by atoms with Gasteiger partial charge in [-0.15, -0.1) is 11.8 Å². The number of nitrogens with one attached hydrogen (secondary N) is 1. The van der Waals surface area contributed by atoms with E-state index in [4.69, 9.17) is 5.26 Å². The molecule has 0 saturated heterocycles. The molecule has 0 aliphatic heterocycles. The van der Waals surface area contributed by atoms with E-state index in [9.17, 15) is 4.79 Å². The molecule has 1 atom stereocenters. The molecule has 0 aromatic heterocycles. The maximum absolute atomic E-state index is 12.0. The lowest BCUT2D eigenvalue weighted by molar-refractivity contribution is -0.119. The van der Waals surface area contributed by atoms with Gasteiger partial charge in [-0.3, -0.25) is 4.79 Å². The normalized spacial score (nSPS) is 11.5. The fourth-order valence-corrected chi connectivity index (χ4v) is 2.96. The second-order valence-corrected chi connectivity index (χ2v) is 5.95. The zero-order chi connectivity index (χ0) is 15.8. The van der Waals surface area contributed by atoms with Crippen LogP contribution in [-0.2, 0) is 10.5 Å². The highest BCUT2D eigenvalue weighted by Crippen LogP contribution is 2.16. The van der Waals surface area contributed by atoms with Gasteiger partial charge in [0.25, 0.3) is 0 Å². The Morgan fingerprint density at radius 3 is 2.59 bits per heavy atom. The Kier molecular flexibility index (Phi) is 6.05. The molecule has 0 spiro atoms. The summed E-state index contributed by atoms with van der Waals surface area (Å²) >= 11 is 1.52. The predicted octanol–water partition coefficient (Wildman–Crippen LogP) is 3.67. The molecule has 0 bridgehead atoms. The van der Waals surface area contributed by atoms with Gasteiger partial charge in [0.2, 0.25) is 5.91 Å². The van der Waals surface area contributed by atoms with Gasteiger partial charge < -0.3 is 5.32 Å². The van der Waals surface area contributed by atoms with Gasteiger partial charge in [0, 0.05) is 5.75 Å². The number of rotatable bonds is 6. The topological polar surface area (TPSA) is 52.9 Å². The molecule has 112 valence electrons. The molecule has 1 amide bonds. The van der Waals surface area contributed by atoms with Crippen molar-refractivity contribution in [1.82, 2.24) is 5.32 Å². The van der Waals surface area contributed by atoms with Crippen LogP contribution in [0.5, 0.6) is 0 Å². The summed E-state index contributed by atoms with van der Waals surface area (Å²) in [5, 5.41) is 12.0. The maximum atomic E-state index is 12.0. The van der Waals surface area contributed by atoms with Crippen molar-refractivity contribution in [2.45, 2.75) is 18.7 Å². The third kappa shape index (κ3) is 4.64. The standard InChI is InChI=1S/C18H18N2OS/c1-14(15-7-3-2-4-8-15)20-18(21)13-22-12-17-10-6-5-9-16(17)11-19/h2-10,14H,12-13H2,1H3,(H,20,21)/t14-/m0/s1. The summed E-state index contributed by atoms with van der Waals surface area (Å²) in [4.78, 5) is 12.0. The molecule has 3 nitrogen and oxygen atoms in total. The van der Waals surface area contributed by atoms with Crippen molar-refractivity contribution in [3.63, 3.8) is 0 Å². The first-order valence-corrected chi connectivity index (χ1v) is 8.26. The number of hydrogen-bond donors (Lipinski definition) is 1. The number of nitriles is 1. The van der Waals surface area contributed by atoms with Gasteiger partial charge >= 0.3 is 0 Å². The molecule has 0 aliphatic carbocycles. The molecule has 0 fully saturated rings. The largest absolute Gasteiger partial charge is 0.349 e. The third-order valence-electron chi connectivity index (χ3n) is 3.31. The highest BCUT2D eigenvalue weighted by molar-refractivity contribution is 7.99. The summed E-state index contributed by atoms with van der Waals surface area (Å²) < 4.78 is 0. The lowest BCUT2D eigenvalue weighted by Crippen LogP contribution is -2.28. The van der Waals surface area contributed by atoms with Crippen LogP contribution in [0, 0.1) is 11.3 Å². The van der Waals surface area contributed by atoms with Gasteiger partial charge in [-0.25, -0.2) is 0 Å². The Morgan fingerprint density at radius 2 is 1.86 bits per heavy atom. The van der Waals surface area contributed by atoms with Crippen molar-refractivity contribution in [2.24, 2.45) is 0 Å². The summed E-state index contributed by atoms with van der Waals surface area (Å²) in [6.45, 7) is 1.98. The maximum Gasteiger partial charge on any atom is 0.230 e. The molecule has 1 N–H and O–H groups in total. The minimum Gasteiger partial charge on any atom is -0.349 e. The fourth-order valence-electron chi connectivity index (χ4n) is 2.12. The highest BCUT2D eigenvalue weighted by atomic mass is 32.2. The van der Waals surface area contributed by atoms with Crippen LogP contribution in [0.4, 0.5) is 0 Å². The number of carbonyl (C=O) groups is 1. The van der Waals surface area contributed by atoms with Gasteiger partial charge in [0.1, 0.15) is 0 Å². The molecule has 4 heteroatoms. The van der Waals surface area contributed by atoms with E-state index in [0.29, 0.717) is 17.1 Å². The van der Waals surface area contributed by atoms with Crippen molar-refractivity contribution in [3.8, 4) is 6.07 Å². The van der Waals surface area contributed by atoms with Crippen molar-refractivity contribution in [2.75, 3.05) is 5.75 Å². The summed E-state index contributed by atoms with van der Waals surface area (Å²) in [7, 11) is 0. The van der Waals surface area contributed by atoms with E-state index >= 15 is 0 Å². The molecule has 0 unspecified atom stereocenters. The van der Waals surface area contributed by atoms with Crippen LogP contribution in [0.25, 0.3) is 0 Å². The highest BCUT2D eigenvalue weighted by Gasteiger charge is 2.09. The minimum atomic E-state index is 0.000643. The molecule has 0 saturated carbocycles. The fraction of sp³-hybridized carbons (Fsp3) is 0.222. The SMILES string of the molecule is C[C@H](NC(=O)CSCc1ccccc1C#N)c1ccccc1. The Bertz CT molecular complexity index is 664. The van der Waals surface area contributed by atoms with Gasteiger partial charge in [-0.2, -0.15) is 5.26 Å². The van der Waals surface area contributed by atoms with Crippen LogP contribution in [0.1, 0.15) is 29.7 Å². The number of thioether (sulfide) groups is 1. The summed E-state index contributed by atoms with van der Waals surface area (Å²) in [5.74, 6) is 1.06. The minimum absolute atomic E-state index is 0.000643. The molecular weight excluding hydrogens is 292 g/mol. The Balaban J connectivity index is 1.80. The average Bonchev–Trinajstić information content (AvgIpc) is 2.56. The number of benzene rings is 2. The van der Waals surface area contributed by atoms with Crippen LogP contribution >= 0.6 is 11.8 Å². The van der Waals surface area contributed by atoms with Crippen LogP contribution in [0.3, 0.4) is 0 Å². The second kappa shape index (κ2) is 8.26. The lowest BCUT2D eigenvalue weighted by atomic mass is 10.1. The number of amides is 1. The average molecular weight is 310 g/mol. The monoisotopic (exact) mass is 310 g/mol. The number of nitrogens with zero attached hydrogens (tertiary/aromatic N) is 1. The Labute approximate surface area is 135 Å². The zero-order valence-corrected chi connectivity index (χ0v) is 13.3. The van der Waals surface area contributed by atoms with Gasteiger partial charge in [-0.1, -0.05) is 48.5 Å². The lowest BCUT2D eigenvalue weighted by Gasteiger charge is -2.14. The predicted molar refractivity (Wildman–Crippen MR) is 90.3 cm³/mol. The summed E-state index contributed by atoms with van der Waals surface area (Å²) in [6, 6.07) is 19.5. The molecule has 2 aromatic rings. The Hall–Kier alpha value is -2.25. The smallest absolute Gasteiger partial charge is 0.230 e. The number of carbonyl (C=O) groups excluding carboxylic acids is 1. The molecule has 2 rings (SSSR count). The van der Waals surface area contributed by atoms with Crippen LogP contribution < -0.4 is 5.32 Å². The molecule has 0 heterocycles. The molecule has 0 radical (unpaired) electrons. The molecular formula is C18H18N2OS. The van der Waals surface area contributed by atoms with Crippen LogP contribution in [0.15, 0.2) is 54.6 Å². The van der Waals surface area contributed by atoms with E-state index in [1.54, 1.807) is 6.07 Å². The second-order valence-electron chi connectivity index (χ2n) is 4.96. The van der Waals surface area contributed by atoms with E-state index in [2.05, 4.69) is 11.4 Å². The van der Waals surface area contributed by atoms with Gasteiger partial charge in [0.05, 0.1) is 23.4 Å². The van der Waals surface area contributed by atoms with E-state index in [-0.39, 0.29) is 11.9 Å². The summed E-state index contributed by atoms with van der Waals surface area (Å²) in [6.07, 6.45) is 0. The van der Waals surface area contributed by atoms with Crippen LogP contribution in [-0.4, -0.2) is 11.7 Å². The molecule has 0 aliphatic rings. The quantitative estimate of drug-likeness (QED) is 0.885. The van der Waals surface area contributed by atoms with Crippen LogP contribution in [0.2, 0.25) is 0 Å². The van der Waals surface area contributed by atoms with E-state index in [0.717, 1.165) is 11.1 Å². The van der Waals surface area contributed by atoms with E-state index < -0.39 is 0 Å². The van der Waals surface area contributed by atoms with Crippen molar-refractivity contribution < 1.29 is 4.79 Å². The zero-order valence-electron chi connectivity index (χ0n) is 12.5. The van der Waals surface area contributed by atoms with Crippen molar-refractivity contribution >= 4 is 17.7 Å². The van der Waals surface area contributed by atoms with Gasteiger partial charge in [0.15, 0.2) is 0 Å². The van der Waals surface area contributed by atoms with Crippen molar-refractivity contribution in [1.29, 1.82) is 5.26 Å². The molecule has 22 heavy (non-hydrogen) atoms. The Morgan fingerprint density at radius 1 is 1.18 bits per heavy atom. The number of hydrogen-bond acceptors (Lipinski definition) is 3. The summed E-state index contributed by atoms with van der Waals surface area (Å²) in [5.41, 5.74) is 2.74. The van der Waals surface area contributed by atoms with Gasteiger partial charge in [-0.05, 0) is 24.1 Å². The first kappa shape index (κ1) is 16.1. The van der Waals surface area contributed by atoms with E-state index in [1.807, 2.05) is 55.5 Å². The first-order chi connectivity index (χ1) is 10.7.